The van der Waals surface area contributed by atoms with E-state index < -0.39 is 5.60 Å². The quantitative estimate of drug-likeness (QED) is 0.421. The maximum absolute atomic E-state index is 9.95. The van der Waals surface area contributed by atoms with Gasteiger partial charge in [0.25, 0.3) is 0 Å². The van der Waals surface area contributed by atoms with Gasteiger partial charge in [0.05, 0.1) is 5.60 Å². The van der Waals surface area contributed by atoms with Gasteiger partial charge in [-0.3, -0.25) is 0 Å². The van der Waals surface area contributed by atoms with E-state index in [0.29, 0.717) is 32.2 Å². The van der Waals surface area contributed by atoms with E-state index in [9.17, 15) is 5.11 Å². The van der Waals surface area contributed by atoms with Gasteiger partial charge in [0.1, 0.15) is 0 Å². The monoisotopic (exact) mass is 191 g/mol. The molecular weight excluding hydrogens is 170 g/mol. The summed E-state index contributed by atoms with van der Waals surface area (Å²) in [6.45, 7) is 0.607. The highest BCUT2D eigenvalue weighted by atomic mass is 16.3. The van der Waals surface area contributed by atoms with Crippen LogP contribution >= 0.6 is 0 Å². The van der Waals surface area contributed by atoms with Gasteiger partial charge < -0.3 is 21.1 Å². The fourth-order valence-corrected chi connectivity index (χ4v) is 1.42. The van der Waals surface area contributed by atoms with Crippen molar-refractivity contribution >= 4 is 0 Å². The number of hydrogen-bond donors (Lipinski definition) is 4. The molecule has 0 aliphatic carbocycles. The van der Waals surface area contributed by atoms with Crippen molar-refractivity contribution in [2.45, 2.75) is 37.7 Å². The average molecular weight is 191 g/mol. The van der Waals surface area contributed by atoms with Gasteiger partial charge in [-0.15, -0.1) is 0 Å². The summed E-state index contributed by atoms with van der Waals surface area (Å²) in [5.41, 5.74) is 4.50. The lowest BCUT2D eigenvalue weighted by molar-refractivity contribution is -0.00582. The van der Waals surface area contributed by atoms with Gasteiger partial charge in [-0.2, -0.15) is 0 Å². The Balaban J connectivity index is 3.84. The topological polar surface area (TPSA) is 86.7 Å². The van der Waals surface area contributed by atoms with Crippen molar-refractivity contribution in [3.8, 4) is 0 Å². The summed E-state index contributed by atoms with van der Waals surface area (Å²) < 4.78 is 0. The number of rotatable bonds is 8. The molecule has 1 unspecified atom stereocenters. The molecule has 0 spiro atoms. The largest absolute Gasteiger partial charge is 0.396 e. The molecule has 5 N–H and O–H groups in total. The predicted octanol–water partition coefficient (Wildman–Crippen LogP) is -0.389. The Labute approximate surface area is 79.4 Å². The summed E-state index contributed by atoms with van der Waals surface area (Å²) in [6, 6.07) is 0. The maximum Gasteiger partial charge on any atom is 0.0671 e. The zero-order valence-corrected chi connectivity index (χ0v) is 8.08. The molecule has 0 aromatic heterocycles. The third kappa shape index (κ3) is 5.99. The van der Waals surface area contributed by atoms with Gasteiger partial charge in [-0.05, 0) is 38.6 Å². The fourth-order valence-electron chi connectivity index (χ4n) is 1.42. The molecule has 1 atom stereocenters. The summed E-state index contributed by atoms with van der Waals surface area (Å²) in [4.78, 5) is 0. The first-order valence-electron chi connectivity index (χ1n) is 4.82. The molecule has 0 heterocycles. The van der Waals surface area contributed by atoms with Crippen molar-refractivity contribution in [3.05, 3.63) is 0 Å². The van der Waals surface area contributed by atoms with Crippen molar-refractivity contribution < 1.29 is 15.3 Å². The molecule has 0 saturated heterocycles. The van der Waals surface area contributed by atoms with Crippen LogP contribution in [0.2, 0.25) is 0 Å². The zero-order chi connectivity index (χ0) is 10.2. The van der Waals surface area contributed by atoms with Crippen LogP contribution in [-0.4, -0.2) is 40.7 Å². The maximum atomic E-state index is 9.95. The summed E-state index contributed by atoms with van der Waals surface area (Å²) in [5.74, 6) is 0. The van der Waals surface area contributed by atoms with E-state index in [2.05, 4.69) is 0 Å². The number of hydrogen-bond acceptors (Lipinski definition) is 4. The molecule has 0 rings (SSSR count). The van der Waals surface area contributed by atoms with Crippen LogP contribution in [-0.2, 0) is 0 Å². The summed E-state index contributed by atoms with van der Waals surface area (Å²) in [6.07, 6.45) is 2.82. The minimum Gasteiger partial charge on any atom is -0.396 e. The Morgan fingerprint density at radius 2 is 1.54 bits per heavy atom. The molecule has 0 amide bonds. The first-order valence-corrected chi connectivity index (χ1v) is 4.82. The lowest BCUT2D eigenvalue weighted by Crippen LogP contribution is -2.31. The molecule has 0 aliphatic heterocycles. The van der Waals surface area contributed by atoms with E-state index >= 15 is 0 Å². The van der Waals surface area contributed by atoms with Gasteiger partial charge in [-0.25, -0.2) is 0 Å². The Morgan fingerprint density at radius 3 is 2.00 bits per heavy atom. The first kappa shape index (κ1) is 12.8. The Kier molecular flexibility index (Phi) is 7.17. The van der Waals surface area contributed by atoms with Crippen molar-refractivity contribution in [1.82, 2.24) is 0 Å². The molecule has 0 aromatic carbocycles. The third-order valence-corrected chi connectivity index (χ3v) is 2.22. The number of nitrogens with two attached hydrogens (primary N) is 1. The Hall–Kier alpha value is -0.160. The Morgan fingerprint density at radius 1 is 0.923 bits per heavy atom. The summed E-state index contributed by atoms with van der Waals surface area (Å²) in [5, 5.41) is 27.3. The van der Waals surface area contributed by atoms with Crippen molar-refractivity contribution in [1.29, 1.82) is 0 Å². The van der Waals surface area contributed by atoms with Crippen molar-refractivity contribution in [2.75, 3.05) is 19.8 Å². The summed E-state index contributed by atoms with van der Waals surface area (Å²) in [7, 11) is 0. The number of aliphatic hydroxyl groups is 3. The standard InChI is InChI=1S/C9H21NO3/c10-6-1-3-9(13,5-8-12)4-2-7-11/h11-13H,1-8,10H2. The number of aliphatic hydroxyl groups excluding tert-OH is 2. The van der Waals surface area contributed by atoms with Crippen LogP contribution in [0.5, 0.6) is 0 Å². The van der Waals surface area contributed by atoms with Crippen LogP contribution in [0.25, 0.3) is 0 Å². The Bertz CT molecular complexity index is 111. The summed E-state index contributed by atoms with van der Waals surface area (Å²) >= 11 is 0. The van der Waals surface area contributed by atoms with Crippen LogP contribution in [0.1, 0.15) is 32.1 Å². The van der Waals surface area contributed by atoms with Crippen LogP contribution in [0.15, 0.2) is 0 Å². The normalized spacial score (nSPS) is 15.7. The van der Waals surface area contributed by atoms with E-state index in [-0.39, 0.29) is 13.2 Å². The van der Waals surface area contributed by atoms with Crippen molar-refractivity contribution in [2.24, 2.45) is 5.73 Å². The first-order chi connectivity index (χ1) is 6.18. The second kappa shape index (κ2) is 7.26. The average Bonchev–Trinajstić information content (AvgIpc) is 2.12. The predicted molar refractivity (Wildman–Crippen MR) is 51.3 cm³/mol. The van der Waals surface area contributed by atoms with Crippen LogP contribution in [0, 0.1) is 0 Å². The molecule has 80 valence electrons. The van der Waals surface area contributed by atoms with E-state index in [0.717, 1.165) is 6.42 Å². The van der Waals surface area contributed by atoms with E-state index in [1.807, 2.05) is 0 Å². The van der Waals surface area contributed by atoms with E-state index in [4.69, 9.17) is 15.9 Å². The SMILES string of the molecule is NCCCC(O)(CCO)CCCO. The minimum atomic E-state index is -0.836. The molecule has 4 heteroatoms. The van der Waals surface area contributed by atoms with Gasteiger partial charge in [0.2, 0.25) is 0 Å². The molecule has 0 fully saturated rings. The van der Waals surface area contributed by atoms with Gasteiger partial charge >= 0.3 is 0 Å². The molecule has 0 aromatic rings. The highest BCUT2D eigenvalue weighted by molar-refractivity contribution is 4.78. The molecule has 4 nitrogen and oxygen atoms in total. The third-order valence-electron chi connectivity index (χ3n) is 2.22. The minimum absolute atomic E-state index is 0.0213. The smallest absolute Gasteiger partial charge is 0.0671 e. The molecule has 13 heavy (non-hydrogen) atoms. The second-order valence-corrected chi connectivity index (χ2v) is 3.42. The fraction of sp³-hybridized carbons (Fsp3) is 1.00. The lowest BCUT2D eigenvalue weighted by atomic mass is 9.89. The zero-order valence-electron chi connectivity index (χ0n) is 8.08. The molecule has 0 aliphatic rings. The van der Waals surface area contributed by atoms with Gasteiger partial charge in [-0.1, -0.05) is 0 Å². The highest BCUT2D eigenvalue weighted by Gasteiger charge is 2.24. The van der Waals surface area contributed by atoms with Crippen LogP contribution < -0.4 is 5.73 Å². The molecule has 0 radical (unpaired) electrons. The molecule has 0 saturated carbocycles. The van der Waals surface area contributed by atoms with Crippen LogP contribution in [0.4, 0.5) is 0 Å². The lowest BCUT2D eigenvalue weighted by Gasteiger charge is -2.27. The van der Waals surface area contributed by atoms with Gasteiger partial charge in [0, 0.05) is 13.2 Å². The molecule has 0 bridgehead atoms. The van der Waals surface area contributed by atoms with Gasteiger partial charge in [0.15, 0.2) is 0 Å². The van der Waals surface area contributed by atoms with E-state index in [1.54, 1.807) is 0 Å². The van der Waals surface area contributed by atoms with Crippen LogP contribution in [0.3, 0.4) is 0 Å². The highest BCUT2D eigenvalue weighted by Crippen LogP contribution is 2.22. The molecular formula is C9H21NO3. The van der Waals surface area contributed by atoms with E-state index in [1.165, 1.54) is 0 Å². The second-order valence-electron chi connectivity index (χ2n) is 3.42. The van der Waals surface area contributed by atoms with Crippen molar-refractivity contribution in [3.63, 3.8) is 0 Å².